The van der Waals surface area contributed by atoms with Crippen molar-refractivity contribution in [2.24, 2.45) is 7.05 Å². The van der Waals surface area contributed by atoms with Crippen LogP contribution in [-0.2, 0) is 23.3 Å². The Morgan fingerprint density at radius 3 is 1.35 bits per heavy atom. The van der Waals surface area contributed by atoms with Gasteiger partial charge in [0.25, 0.3) is 0 Å². The van der Waals surface area contributed by atoms with Crippen LogP contribution in [0.25, 0.3) is 55.2 Å². The highest BCUT2D eigenvalue weighted by molar-refractivity contribution is 6.23. The van der Waals surface area contributed by atoms with Crippen LogP contribution in [0.5, 0.6) is 0 Å². The van der Waals surface area contributed by atoms with Gasteiger partial charge >= 0.3 is 0 Å². The molecule has 10 aromatic carbocycles. The maximum absolute atomic E-state index is 2.62. The minimum atomic E-state index is -0.696. The van der Waals surface area contributed by atoms with Crippen molar-refractivity contribution in [1.82, 2.24) is 4.57 Å². The summed E-state index contributed by atoms with van der Waals surface area (Å²) in [5.74, 6) is 0. The highest BCUT2D eigenvalue weighted by Gasteiger charge is 2.54. The monoisotopic (exact) mass is 970 g/mol. The fourth-order valence-corrected chi connectivity index (χ4v) is 13.1. The Kier molecular flexibility index (Phi) is 10.6. The van der Waals surface area contributed by atoms with E-state index in [-0.39, 0.29) is 10.8 Å². The van der Waals surface area contributed by atoms with Gasteiger partial charge in [0.2, 0.25) is 0 Å². The van der Waals surface area contributed by atoms with E-state index in [1.807, 2.05) is 0 Å². The van der Waals surface area contributed by atoms with Crippen LogP contribution in [0, 0.1) is 13.8 Å². The summed E-state index contributed by atoms with van der Waals surface area (Å²) in [7, 11) is 2.27. The Bertz CT molecular complexity index is 3990. The minimum absolute atomic E-state index is 0.00571. The van der Waals surface area contributed by atoms with E-state index < -0.39 is 5.41 Å². The Balaban J connectivity index is 1.24. The van der Waals surface area contributed by atoms with Gasteiger partial charge in [0, 0.05) is 51.6 Å². The normalized spacial score (nSPS) is 13.2. The van der Waals surface area contributed by atoms with Crippen molar-refractivity contribution in [2.45, 2.75) is 71.6 Å². The number of aromatic nitrogens is 1. The number of benzene rings is 10. The Morgan fingerprint density at radius 2 is 0.813 bits per heavy atom. The molecule has 0 unspecified atom stereocenters. The lowest BCUT2D eigenvalue weighted by Gasteiger charge is -2.35. The lowest BCUT2D eigenvalue weighted by Crippen LogP contribution is -2.27. The molecule has 0 aliphatic heterocycles. The highest BCUT2D eigenvalue weighted by atomic mass is 15.2. The van der Waals surface area contributed by atoms with Crippen molar-refractivity contribution in [3.8, 4) is 33.4 Å². The number of nitrogens with zero attached hydrogens (tertiary/aromatic N) is 3. The number of hydrogen-bond acceptors (Lipinski definition) is 2. The van der Waals surface area contributed by atoms with Gasteiger partial charge in [-0.3, -0.25) is 0 Å². The molecular formula is C72H63N3. The van der Waals surface area contributed by atoms with Gasteiger partial charge in [-0.2, -0.15) is 0 Å². The third-order valence-electron chi connectivity index (χ3n) is 16.6. The van der Waals surface area contributed by atoms with Crippen molar-refractivity contribution in [3.05, 3.63) is 263 Å². The van der Waals surface area contributed by atoms with E-state index in [0.29, 0.717) is 0 Å². The second-order valence-electron chi connectivity index (χ2n) is 23.0. The van der Waals surface area contributed by atoms with E-state index in [2.05, 4.69) is 295 Å². The number of para-hydroxylation sites is 3. The number of rotatable bonds is 7. The van der Waals surface area contributed by atoms with E-state index in [9.17, 15) is 0 Å². The van der Waals surface area contributed by atoms with E-state index in [0.717, 1.165) is 34.1 Å². The molecule has 0 atom stereocenters. The lowest BCUT2D eigenvalue weighted by molar-refractivity contribution is 0.590. The predicted molar refractivity (Wildman–Crippen MR) is 318 cm³/mol. The maximum atomic E-state index is 2.62. The summed E-state index contributed by atoms with van der Waals surface area (Å²) in [5.41, 5.74) is 26.5. The summed E-state index contributed by atoms with van der Waals surface area (Å²) in [5, 5.41) is 2.52. The Morgan fingerprint density at radius 1 is 0.387 bits per heavy atom. The van der Waals surface area contributed by atoms with Gasteiger partial charge in [-0.1, -0.05) is 193 Å². The van der Waals surface area contributed by atoms with Crippen molar-refractivity contribution in [1.29, 1.82) is 0 Å². The van der Waals surface area contributed by atoms with Crippen molar-refractivity contribution in [2.75, 3.05) is 9.80 Å². The van der Waals surface area contributed by atoms with Crippen LogP contribution < -0.4 is 9.80 Å². The molecule has 2 aliphatic carbocycles. The number of fused-ring (bicyclic) bond motifs is 14. The largest absolute Gasteiger partial charge is 0.342 e. The zero-order valence-electron chi connectivity index (χ0n) is 44.6. The van der Waals surface area contributed by atoms with Gasteiger partial charge < -0.3 is 14.4 Å². The third kappa shape index (κ3) is 6.94. The SMILES string of the molecule is Cc1ccccc1-c1c(N(c2ccccc2)c2ccc(C(C)(C)C)cc2)cc2c(c1C)-c1c(cc(N(c3ccccc3)c3ccc(C(C)(C)C)cc3)c3c1c1ccccc1n3C)C21c2ccccc2-c2ccccc21. The Hall–Kier alpha value is -8.40. The standard InChI is InChI=1S/C72H63N3/c1-46-24-16-17-29-54(46)65-47(2)66-60(44-63(65)74(50-25-12-10-13-26-50)52-40-36-48(37-41-52)70(3,4)5)72(58-33-21-18-30-55(58)56-31-19-22-34-59(56)72)61-45-64(69-67(68(61)66)57-32-20-23-35-62(57)73(69)9)75(51-27-14-11-15-28-51)53-42-38-49(39-43-53)71(6,7)8/h10-45H,1-9H3. The molecule has 0 amide bonds. The molecule has 1 spiro atoms. The van der Waals surface area contributed by atoms with Crippen LogP contribution >= 0.6 is 0 Å². The summed E-state index contributed by atoms with van der Waals surface area (Å²) in [6.07, 6.45) is 0. The molecular weight excluding hydrogens is 907 g/mol. The first-order valence-corrected chi connectivity index (χ1v) is 26.7. The smallest absolute Gasteiger partial charge is 0.0740 e. The average Bonchev–Trinajstić information content (AvgIpc) is 4.12. The van der Waals surface area contributed by atoms with Crippen LogP contribution in [0.1, 0.15) is 86.1 Å². The first-order valence-electron chi connectivity index (χ1n) is 26.7. The fourth-order valence-electron chi connectivity index (χ4n) is 13.1. The van der Waals surface area contributed by atoms with Gasteiger partial charge in [-0.15, -0.1) is 0 Å². The average molecular weight is 970 g/mol. The molecule has 3 nitrogen and oxygen atoms in total. The van der Waals surface area contributed by atoms with E-state index in [4.69, 9.17) is 0 Å². The molecule has 11 aromatic rings. The first kappa shape index (κ1) is 46.4. The molecule has 0 fully saturated rings. The van der Waals surface area contributed by atoms with E-state index in [1.165, 1.54) is 99.7 Å². The molecule has 1 heterocycles. The van der Waals surface area contributed by atoms with Crippen LogP contribution in [0.2, 0.25) is 0 Å². The first-order chi connectivity index (χ1) is 36.3. The van der Waals surface area contributed by atoms with Crippen LogP contribution in [0.3, 0.4) is 0 Å². The molecule has 13 rings (SSSR count). The van der Waals surface area contributed by atoms with Crippen LogP contribution in [0.15, 0.2) is 218 Å². The molecule has 1 aromatic heterocycles. The van der Waals surface area contributed by atoms with Gasteiger partial charge in [0.05, 0.1) is 22.3 Å². The summed E-state index contributed by atoms with van der Waals surface area (Å²) in [6, 6.07) is 82.5. The topological polar surface area (TPSA) is 11.4 Å². The number of aryl methyl sites for hydroxylation is 2. The quantitative estimate of drug-likeness (QED) is 0.158. The molecule has 0 radical (unpaired) electrons. The van der Waals surface area contributed by atoms with Gasteiger partial charge in [-0.25, -0.2) is 0 Å². The predicted octanol–water partition coefficient (Wildman–Crippen LogP) is 19.5. The van der Waals surface area contributed by atoms with Crippen LogP contribution in [-0.4, -0.2) is 4.57 Å². The summed E-state index contributed by atoms with van der Waals surface area (Å²) >= 11 is 0. The molecule has 2 aliphatic rings. The van der Waals surface area contributed by atoms with Gasteiger partial charge in [0.1, 0.15) is 0 Å². The van der Waals surface area contributed by atoms with Gasteiger partial charge in [-0.05, 0) is 164 Å². The fraction of sp³-hybridized carbons (Fsp3) is 0.167. The second-order valence-corrected chi connectivity index (χ2v) is 23.0. The Labute approximate surface area is 443 Å². The minimum Gasteiger partial charge on any atom is -0.342 e. The third-order valence-corrected chi connectivity index (χ3v) is 16.6. The zero-order valence-corrected chi connectivity index (χ0v) is 44.6. The number of anilines is 6. The van der Waals surface area contributed by atoms with Crippen molar-refractivity contribution >= 4 is 55.9 Å². The van der Waals surface area contributed by atoms with E-state index in [1.54, 1.807) is 0 Å². The molecule has 3 heteroatoms. The summed E-state index contributed by atoms with van der Waals surface area (Å²) in [6.45, 7) is 18.5. The molecule has 366 valence electrons. The molecule has 0 saturated heterocycles. The molecule has 0 saturated carbocycles. The maximum Gasteiger partial charge on any atom is 0.0740 e. The van der Waals surface area contributed by atoms with Gasteiger partial charge in [0.15, 0.2) is 0 Å². The molecule has 0 bridgehead atoms. The highest BCUT2D eigenvalue weighted by Crippen LogP contribution is 2.68. The lowest BCUT2D eigenvalue weighted by atomic mass is 9.69. The van der Waals surface area contributed by atoms with E-state index >= 15 is 0 Å². The number of hydrogen-bond donors (Lipinski definition) is 0. The van der Waals surface area contributed by atoms with Crippen molar-refractivity contribution in [3.63, 3.8) is 0 Å². The summed E-state index contributed by atoms with van der Waals surface area (Å²) < 4.78 is 2.46. The molecule has 75 heavy (non-hydrogen) atoms. The second kappa shape index (κ2) is 17.1. The molecule has 0 N–H and O–H groups in total. The van der Waals surface area contributed by atoms with Crippen LogP contribution in [0.4, 0.5) is 34.1 Å². The summed E-state index contributed by atoms with van der Waals surface area (Å²) in [4.78, 5) is 5.05. The zero-order chi connectivity index (χ0) is 51.5. The van der Waals surface area contributed by atoms with Crippen molar-refractivity contribution < 1.29 is 0 Å².